The van der Waals surface area contributed by atoms with E-state index in [1.54, 1.807) is 37.1 Å². The Bertz CT molecular complexity index is 1580. The average Bonchev–Trinajstić information content (AvgIpc) is 3.50. The maximum Gasteiger partial charge on any atom is 0.181 e. The number of nitrogens with one attached hydrogen (secondary N) is 2. The Balaban J connectivity index is 1.51. The van der Waals surface area contributed by atoms with Crippen molar-refractivity contribution in [1.29, 1.82) is 0 Å². The number of anilines is 1. The van der Waals surface area contributed by atoms with Crippen LogP contribution in [-0.4, -0.2) is 35.1 Å². The Kier molecular flexibility index (Phi) is 3.80. The molecule has 0 radical (unpaired) electrons. The van der Waals surface area contributed by atoms with Gasteiger partial charge in [-0.3, -0.25) is 15.1 Å². The fraction of sp³-hybridized carbons (Fsp3) is 0. The van der Waals surface area contributed by atoms with Crippen LogP contribution in [-0.2, 0) is 0 Å². The number of pyridine rings is 3. The lowest BCUT2D eigenvalue weighted by atomic mass is 10.1. The summed E-state index contributed by atoms with van der Waals surface area (Å²) in [5.74, 6) is 0.591. The Morgan fingerprint density at radius 2 is 1.84 bits per heavy atom. The van der Waals surface area contributed by atoms with E-state index in [0.717, 1.165) is 43.8 Å². The second kappa shape index (κ2) is 6.67. The molecule has 150 valence electrons. The molecule has 0 spiro atoms. The zero-order chi connectivity index (χ0) is 20.9. The molecule has 6 heterocycles. The molecule has 8 nitrogen and oxygen atoms in total. The summed E-state index contributed by atoms with van der Waals surface area (Å²) in [6.45, 7) is 0. The highest BCUT2D eigenvalue weighted by Gasteiger charge is 2.17. The number of imidazole rings is 1. The van der Waals surface area contributed by atoms with Gasteiger partial charge < -0.3 is 10.7 Å². The summed E-state index contributed by atoms with van der Waals surface area (Å²) in [4.78, 5) is 21.7. The molecule has 0 aliphatic rings. The van der Waals surface area contributed by atoms with Gasteiger partial charge in [0.15, 0.2) is 16.6 Å². The van der Waals surface area contributed by atoms with Crippen LogP contribution in [0.5, 0.6) is 0 Å². The number of H-pyrrole nitrogens is 2. The third-order valence-electron chi connectivity index (χ3n) is 4.97. The largest absolute Gasteiger partial charge is 0.397 e. The number of aromatic nitrogens is 7. The first kappa shape index (κ1) is 17.7. The average molecular weight is 428 g/mol. The molecule has 0 aliphatic carbocycles. The molecule has 6 aromatic rings. The molecule has 0 amide bonds. The molecule has 0 aliphatic heterocycles. The first-order chi connectivity index (χ1) is 15.2. The number of nitrogen functional groups attached to an aromatic ring is 1. The third-order valence-corrected chi connectivity index (χ3v) is 5.88. The maximum absolute atomic E-state index is 13.6. The lowest BCUT2D eigenvalue weighted by molar-refractivity contribution is 0.657. The number of thiophene rings is 1. The Hall–Kier alpha value is -4.18. The summed E-state index contributed by atoms with van der Waals surface area (Å²) >= 11 is 1.06. The number of hydrogen-bond acceptors (Lipinski definition) is 7. The number of rotatable bonds is 3. The summed E-state index contributed by atoms with van der Waals surface area (Å²) in [5, 5.41) is 7.87. The number of fused-ring (bicyclic) bond motifs is 2. The van der Waals surface area contributed by atoms with E-state index in [0.29, 0.717) is 28.4 Å². The molecule has 6 rings (SSSR count). The number of hydrogen-bond donors (Lipinski definition) is 3. The van der Waals surface area contributed by atoms with E-state index in [4.69, 9.17) is 10.7 Å². The monoisotopic (exact) mass is 428 g/mol. The maximum atomic E-state index is 13.6. The van der Waals surface area contributed by atoms with E-state index >= 15 is 0 Å². The van der Waals surface area contributed by atoms with Gasteiger partial charge in [-0.05, 0) is 24.3 Å². The number of halogens is 1. The summed E-state index contributed by atoms with van der Waals surface area (Å²) < 4.78 is 13.6. The normalized spacial score (nSPS) is 11.5. The van der Waals surface area contributed by atoms with E-state index in [-0.39, 0.29) is 5.13 Å². The summed E-state index contributed by atoms with van der Waals surface area (Å²) in [5.41, 5.74) is 11.6. The minimum Gasteiger partial charge on any atom is -0.397 e. The Labute approximate surface area is 178 Å². The van der Waals surface area contributed by atoms with Gasteiger partial charge in [0.05, 0.1) is 22.8 Å². The van der Waals surface area contributed by atoms with Crippen LogP contribution in [0.3, 0.4) is 0 Å². The highest BCUT2D eigenvalue weighted by atomic mass is 32.1. The van der Waals surface area contributed by atoms with E-state index < -0.39 is 0 Å². The van der Waals surface area contributed by atoms with Crippen molar-refractivity contribution in [1.82, 2.24) is 35.1 Å². The van der Waals surface area contributed by atoms with Crippen molar-refractivity contribution in [3.8, 4) is 33.1 Å². The molecule has 0 saturated heterocycles. The molecule has 0 aromatic carbocycles. The van der Waals surface area contributed by atoms with Crippen LogP contribution in [0.4, 0.5) is 10.1 Å². The van der Waals surface area contributed by atoms with E-state index in [1.165, 1.54) is 6.07 Å². The lowest BCUT2D eigenvalue weighted by Crippen LogP contribution is -1.89. The highest BCUT2D eigenvalue weighted by molar-refractivity contribution is 7.14. The van der Waals surface area contributed by atoms with Gasteiger partial charge >= 0.3 is 0 Å². The minimum absolute atomic E-state index is 0.253. The Morgan fingerprint density at radius 3 is 2.68 bits per heavy atom. The van der Waals surface area contributed by atoms with Gasteiger partial charge in [-0.1, -0.05) is 0 Å². The van der Waals surface area contributed by atoms with Crippen molar-refractivity contribution < 1.29 is 4.39 Å². The van der Waals surface area contributed by atoms with Crippen molar-refractivity contribution in [2.45, 2.75) is 0 Å². The molecule has 4 N–H and O–H groups in total. The first-order valence-corrected chi connectivity index (χ1v) is 10.1. The topological polar surface area (TPSA) is 122 Å². The lowest BCUT2D eigenvalue weighted by Gasteiger charge is -2.02. The SMILES string of the molecule is Nc1cncc(-c2cnc3n[nH]c(-c4nc5c(-c6ccc(F)s6)cncc5[nH]4)c3c2)c1. The van der Waals surface area contributed by atoms with Crippen LogP contribution >= 0.6 is 11.3 Å². The molecule has 0 saturated carbocycles. The summed E-state index contributed by atoms with van der Waals surface area (Å²) in [6, 6.07) is 6.98. The minimum atomic E-state index is -0.253. The number of nitrogens with zero attached hydrogens (tertiary/aromatic N) is 5. The van der Waals surface area contributed by atoms with Crippen LogP contribution in [0, 0.1) is 5.13 Å². The quantitative estimate of drug-likeness (QED) is 0.384. The van der Waals surface area contributed by atoms with Crippen molar-refractivity contribution in [2.24, 2.45) is 0 Å². The molecule has 6 aromatic heterocycles. The van der Waals surface area contributed by atoms with E-state index in [9.17, 15) is 4.39 Å². The summed E-state index contributed by atoms with van der Waals surface area (Å²) in [6.07, 6.45) is 8.45. The molecule has 0 fully saturated rings. The zero-order valence-electron chi connectivity index (χ0n) is 15.8. The third kappa shape index (κ3) is 2.92. The standard InChI is InChI=1S/C21H13FN8S/c22-17-2-1-16(31-17)14-8-25-9-15-18(14)28-21(27-15)19-13-4-11(6-26-20(13)30-29-19)10-3-12(23)7-24-5-10/h1-9H,23H2,(H,27,28)(H,26,29,30). The predicted octanol–water partition coefficient (Wildman–Crippen LogP) is 4.41. The predicted molar refractivity (Wildman–Crippen MR) is 118 cm³/mol. The van der Waals surface area contributed by atoms with E-state index in [2.05, 4.69) is 30.1 Å². The fourth-order valence-corrected chi connectivity index (χ4v) is 4.29. The highest BCUT2D eigenvalue weighted by Crippen LogP contribution is 2.34. The van der Waals surface area contributed by atoms with Gasteiger partial charge in [0.1, 0.15) is 11.2 Å². The molecule has 31 heavy (non-hydrogen) atoms. The van der Waals surface area contributed by atoms with Crippen LogP contribution in [0.2, 0.25) is 0 Å². The second-order valence-electron chi connectivity index (χ2n) is 6.97. The van der Waals surface area contributed by atoms with Crippen molar-refractivity contribution in [3.05, 3.63) is 60.4 Å². The van der Waals surface area contributed by atoms with E-state index in [1.807, 2.05) is 12.1 Å². The van der Waals surface area contributed by atoms with Crippen molar-refractivity contribution in [3.63, 3.8) is 0 Å². The number of aromatic amines is 2. The van der Waals surface area contributed by atoms with Gasteiger partial charge in [0.2, 0.25) is 0 Å². The molecule has 10 heteroatoms. The molecule has 0 unspecified atom stereocenters. The van der Waals surface area contributed by atoms with Crippen molar-refractivity contribution in [2.75, 3.05) is 5.73 Å². The van der Waals surface area contributed by atoms with Gasteiger partial charge in [-0.25, -0.2) is 9.97 Å². The van der Waals surface area contributed by atoms with Crippen LogP contribution < -0.4 is 5.73 Å². The van der Waals surface area contributed by atoms with Gasteiger partial charge in [0, 0.05) is 46.4 Å². The van der Waals surface area contributed by atoms with Crippen LogP contribution in [0.15, 0.2) is 55.2 Å². The van der Waals surface area contributed by atoms with Crippen molar-refractivity contribution >= 4 is 39.1 Å². The number of nitrogens with two attached hydrogens (primary N) is 1. The fourth-order valence-electron chi connectivity index (χ4n) is 3.54. The second-order valence-corrected chi connectivity index (χ2v) is 8.01. The summed E-state index contributed by atoms with van der Waals surface area (Å²) in [7, 11) is 0. The van der Waals surface area contributed by atoms with Gasteiger partial charge in [-0.2, -0.15) is 9.49 Å². The molecular formula is C21H13FN8S. The van der Waals surface area contributed by atoms with Gasteiger partial charge in [-0.15, -0.1) is 11.3 Å². The molecule has 0 atom stereocenters. The zero-order valence-corrected chi connectivity index (χ0v) is 16.6. The Morgan fingerprint density at radius 1 is 0.968 bits per heavy atom. The van der Waals surface area contributed by atoms with Gasteiger partial charge in [0.25, 0.3) is 0 Å². The smallest absolute Gasteiger partial charge is 0.181 e. The van der Waals surface area contributed by atoms with Crippen LogP contribution in [0.25, 0.3) is 55.2 Å². The first-order valence-electron chi connectivity index (χ1n) is 9.30. The molecular weight excluding hydrogens is 415 g/mol. The molecule has 0 bridgehead atoms. The van der Waals surface area contributed by atoms with Crippen LogP contribution in [0.1, 0.15) is 0 Å².